The van der Waals surface area contributed by atoms with Gasteiger partial charge in [0.15, 0.2) is 5.60 Å². The van der Waals surface area contributed by atoms with Crippen molar-refractivity contribution in [2.45, 2.75) is 31.7 Å². The van der Waals surface area contributed by atoms with Crippen LogP contribution in [0.3, 0.4) is 0 Å². The number of anilines is 1. The van der Waals surface area contributed by atoms with Gasteiger partial charge in [0.25, 0.3) is 0 Å². The second-order valence-corrected chi connectivity index (χ2v) is 8.37. The van der Waals surface area contributed by atoms with Crippen molar-refractivity contribution in [3.63, 3.8) is 0 Å². The molecule has 3 aromatic rings. The molecule has 2 N–H and O–H groups in total. The van der Waals surface area contributed by atoms with Crippen LogP contribution in [0.5, 0.6) is 5.88 Å². The average Bonchev–Trinajstić information content (AvgIpc) is 2.75. The maximum absolute atomic E-state index is 14.2. The Kier molecular flexibility index (Phi) is 6.96. The number of aliphatic hydroxyl groups is 1. The highest BCUT2D eigenvalue weighted by molar-refractivity contribution is 7.99. The van der Waals surface area contributed by atoms with Crippen molar-refractivity contribution in [2.24, 2.45) is 0 Å². The van der Waals surface area contributed by atoms with Crippen LogP contribution in [0.15, 0.2) is 48.7 Å². The van der Waals surface area contributed by atoms with Gasteiger partial charge in [-0.1, -0.05) is 13.0 Å². The average molecular weight is 452 g/mol. The number of methoxy groups -OCH3 is 1. The lowest BCUT2D eigenvalue weighted by Gasteiger charge is -2.38. The number of pyridine rings is 2. The third-order valence-electron chi connectivity index (χ3n) is 4.97. The molecule has 2 atom stereocenters. The normalized spacial score (nSPS) is 14.8. The van der Waals surface area contributed by atoms with Crippen LogP contribution in [-0.2, 0) is 0 Å². The van der Waals surface area contributed by atoms with Crippen LogP contribution in [0.1, 0.15) is 24.2 Å². The number of alkyl halides is 3. The number of fused-ring (bicyclic) bond motifs is 1. The van der Waals surface area contributed by atoms with Gasteiger partial charge in [0.2, 0.25) is 5.88 Å². The summed E-state index contributed by atoms with van der Waals surface area (Å²) in [6.45, 7) is 3.59. The maximum Gasteiger partial charge on any atom is 0.420 e. The first kappa shape index (κ1) is 23.1. The largest absolute Gasteiger partial charge is 0.481 e. The minimum atomic E-state index is -4.88. The quantitative estimate of drug-likeness (QED) is 0.494. The fourth-order valence-electron chi connectivity index (χ4n) is 3.29. The van der Waals surface area contributed by atoms with E-state index in [0.29, 0.717) is 22.3 Å². The smallest absolute Gasteiger partial charge is 0.420 e. The molecule has 0 spiro atoms. The highest BCUT2D eigenvalue weighted by Crippen LogP contribution is 2.44. The van der Waals surface area contributed by atoms with Gasteiger partial charge in [0, 0.05) is 34.8 Å². The Morgan fingerprint density at radius 1 is 1.16 bits per heavy atom. The first-order valence-corrected chi connectivity index (χ1v) is 10.8. The van der Waals surface area contributed by atoms with Crippen LogP contribution in [0.2, 0.25) is 0 Å². The summed E-state index contributed by atoms with van der Waals surface area (Å²) in [5.41, 5.74) is -0.962. The molecule has 3 rings (SSSR count). The lowest BCUT2D eigenvalue weighted by atomic mass is 9.89. The van der Waals surface area contributed by atoms with Crippen LogP contribution >= 0.6 is 11.8 Å². The molecule has 9 heteroatoms. The molecule has 0 aliphatic rings. The van der Waals surface area contributed by atoms with Gasteiger partial charge >= 0.3 is 6.18 Å². The fraction of sp³-hybridized carbons (Fsp3) is 0.364. The molecule has 2 unspecified atom stereocenters. The summed E-state index contributed by atoms with van der Waals surface area (Å²) in [7, 11) is 1.42. The van der Waals surface area contributed by atoms with Crippen molar-refractivity contribution >= 4 is 28.4 Å². The van der Waals surface area contributed by atoms with E-state index in [4.69, 9.17) is 4.74 Å². The number of ether oxygens (including phenoxy) is 1. The Morgan fingerprint density at radius 3 is 2.55 bits per heavy atom. The van der Waals surface area contributed by atoms with Gasteiger partial charge in [0.1, 0.15) is 0 Å². The molecule has 166 valence electrons. The van der Waals surface area contributed by atoms with Gasteiger partial charge < -0.3 is 15.2 Å². The Labute approximate surface area is 183 Å². The number of aromatic nitrogens is 2. The third-order valence-corrected chi connectivity index (χ3v) is 6.02. The molecule has 31 heavy (non-hydrogen) atoms. The zero-order valence-corrected chi connectivity index (χ0v) is 18.2. The summed E-state index contributed by atoms with van der Waals surface area (Å²) < 4.78 is 47.7. The van der Waals surface area contributed by atoms with Crippen LogP contribution in [0.25, 0.3) is 10.9 Å². The van der Waals surface area contributed by atoms with Crippen molar-refractivity contribution in [1.82, 2.24) is 9.97 Å². The van der Waals surface area contributed by atoms with Crippen molar-refractivity contribution in [1.29, 1.82) is 0 Å². The van der Waals surface area contributed by atoms with Crippen LogP contribution in [-0.4, -0.2) is 45.5 Å². The lowest BCUT2D eigenvalue weighted by Crippen LogP contribution is -2.54. The van der Waals surface area contributed by atoms with E-state index in [-0.39, 0.29) is 11.4 Å². The zero-order valence-electron chi connectivity index (χ0n) is 17.4. The van der Waals surface area contributed by atoms with Crippen molar-refractivity contribution < 1.29 is 23.0 Å². The predicted octanol–water partition coefficient (Wildman–Crippen LogP) is 5.15. The number of aryl methyl sites for hydroxylation is 1. The standard InChI is InChI=1S/C22H24F3N3O2S/c1-4-31-13-21(29,22(23,24)25)20(15-9-11-19(30-3)26-12-15)28-18-7-5-6-17-16(18)10-8-14(2)27-17/h5-12,20,28-29H,4,13H2,1-3H3. The van der Waals surface area contributed by atoms with E-state index in [1.54, 1.807) is 37.3 Å². The first-order valence-electron chi connectivity index (χ1n) is 9.69. The highest BCUT2D eigenvalue weighted by atomic mass is 32.2. The number of rotatable bonds is 8. The molecule has 0 saturated heterocycles. The van der Waals surface area contributed by atoms with E-state index in [2.05, 4.69) is 15.3 Å². The van der Waals surface area contributed by atoms with Gasteiger partial charge in [-0.2, -0.15) is 24.9 Å². The molecule has 0 aliphatic carbocycles. The number of halogens is 3. The summed E-state index contributed by atoms with van der Waals surface area (Å²) in [5.74, 6) is 0.174. The SMILES string of the molecule is CCSCC(O)(C(Nc1cccc2nc(C)ccc12)c1ccc(OC)nc1)C(F)(F)F. The number of nitrogens with zero attached hydrogens (tertiary/aromatic N) is 2. The molecule has 0 radical (unpaired) electrons. The molecule has 0 bridgehead atoms. The molecular formula is C22H24F3N3O2S. The fourth-order valence-corrected chi connectivity index (χ4v) is 4.13. The van der Waals surface area contributed by atoms with E-state index in [0.717, 1.165) is 17.5 Å². The lowest BCUT2D eigenvalue weighted by molar-refractivity contribution is -0.256. The summed E-state index contributed by atoms with van der Waals surface area (Å²) in [5, 5.41) is 14.6. The van der Waals surface area contributed by atoms with Gasteiger partial charge in [-0.25, -0.2) is 4.98 Å². The van der Waals surface area contributed by atoms with Crippen molar-refractivity contribution in [2.75, 3.05) is 23.9 Å². The van der Waals surface area contributed by atoms with Gasteiger partial charge in [-0.3, -0.25) is 4.98 Å². The molecular weight excluding hydrogens is 427 g/mol. The van der Waals surface area contributed by atoms with E-state index >= 15 is 0 Å². The van der Waals surface area contributed by atoms with Crippen molar-refractivity contribution in [3.05, 3.63) is 59.9 Å². The number of thioether (sulfide) groups is 1. The second kappa shape index (κ2) is 9.32. The number of nitrogens with one attached hydrogen (secondary N) is 1. The number of benzene rings is 1. The minimum absolute atomic E-state index is 0.189. The summed E-state index contributed by atoms with van der Waals surface area (Å²) in [6.07, 6.45) is -3.59. The number of hydrogen-bond acceptors (Lipinski definition) is 6. The zero-order chi connectivity index (χ0) is 22.6. The molecule has 5 nitrogen and oxygen atoms in total. The summed E-state index contributed by atoms with van der Waals surface area (Å²) in [6, 6.07) is 10.2. The second-order valence-electron chi connectivity index (χ2n) is 7.10. The van der Waals surface area contributed by atoms with Crippen LogP contribution in [0.4, 0.5) is 18.9 Å². The van der Waals surface area contributed by atoms with Crippen LogP contribution < -0.4 is 10.1 Å². The van der Waals surface area contributed by atoms with E-state index < -0.39 is 23.6 Å². The minimum Gasteiger partial charge on any atom is -0.481 e. The van der Waals surface area contributed by atoms with E-state index in [9.17, 15) is 18.3 Å². The Morgan fingerprint density at radius 2 is 1.94 bits per heavy atom. The van der Waals surface area contributed by atoms with E-state index in [1.165, 1.54) is 25.4 Å². The Balaban J connectivity index is 2.13. The monoisotopic (exact) mass is 451 g/mol. The summed E-state index contributed by atoms with van der Waals surface area (Å²) in [4.78, 5) is 8.49. The Bertz CT molecular complexity index is 1030. The van der Waals surface area contributed by atoms with E-state index in [1.807, 2.05) is 6.92 Å². The molecule has 0 aliphatic heterocycles. The molecule has 0 saturated carbocycles. The predicted molar refractivity (Wildman–Crippen MR) is 118 cm³/mol. The molecule has 2 aromatic heterocycles. The Hall–Kier alpha value is -2.52. The van der Waals surface area contributed by atoms with Crippen LogP contribution in [0, 0.1) is 6.92 Å². The maximum atomic E-state index is 14.2. The topological polar surface area (TPSA) is 67.3 Å². The molecule has 0 amide bonds. The molecule has 2 heterocycles. The molecule has 0 fully saturated rings. The van der Waals surface area contributed by atoms with Crippen molar-refractivity contribution in [3.8, 4) is 5.88 Å². The van der Waals surface area contributed by atoms with Gasteiger partial charge in [-0.05, 0) is 48.6 Å². The summed E-state index contributed by atoms with van der Waals surface area (Å²) >= 11 is 1.02. The highest BCUT2D eigenvalue weighted by Gasteiger charge is 2.59. The number of hydrogen-bond donors (Lipinski definition) is 2. The first-order chi connectivity index (χ1) is 14.7. The van der Waals surface area contributed by atoms with Gasteiger partial charge in [0.05, 0.1) is 18.7 Å². The molecule has 1 aromatic carbocycles. The third kappa shape index (κ3) is 4.88. The van der Waals surface area contributed by atoms with Gasteiger partial charge in [-0.15, -0.1) is 0 Å².